The molecule has 0 amide bonds. The average Bonchev–Trinajstić information content (AvgIpc) is 2.97. The summed E-state index contributed by atoms with van der Waals surface area (Å²) in [6.45, 7) is 3.83. The molecule has 0 radical (unpaired) electrons. The second-order valence-electron chi connectivity index (χ2n) is 4.77. The summed E-state index contributed by atoms with van der Waals surface area (Å²) in [5.74, 6) is 1.64. The summed E-state index contributed by atoms with van der Waals surface area (Å²) in [4.78, 5) is 10.6. The molecule has 1 aliphatic rings. The Bertz CT molecular complexity index is 687. The molecular weight excluding hydrogens is 286 g/mol. The van der Waals surface area contributed by atoms with Gasteiger partial charge in [-0.3, -0.25) is 0 Å². The summed E-state index contributed by atoms with van der Waals surface area (Å²) in [6, 6.07) is 2.17. The lowest BCUT2D eigenvalue weighted by molar-refractivity contribution is 0.122. The fraction of sp³-hybridized carbons (Fsp3) is 0.538. The van der Waals surface area contributed by atoms with Crippen molar-refractivity contribution in [3.8, 4) is 6.07 Å². The fourth-order valence-electron chi connectivity index (χ4n) is 2.32. The molecule has 9 heteroatoms. The second kappa shape index (κ2) is 6.55. The van der Waals surface area contributed by atoms with Crippen LogP contribution >= 0.6 is 0 Å². The van der Waals surface area contributed by atoms with E-state index in [0.29, 0.717) is 62.6 Å². The molecule has 2 aromatic heterocycles. The van der Waals surface area contributed by atoms with Crippen LogP contribution in [0.3, 0.4) is 0 Å². The molecule has 116 valence electrons. The van der Waals surface area contributed by atoms with Crippen LogP contribution in [0.15, 0.2) is 6.20 Å². The first kappa shape index (κ1) is 14.5. The standard InChI is InChI=1S/C13H17N7O2/c1-21-5-2-15-12-17-13-16-9-10(8-14)11(20(13)18-12)19-3-6-22-7-4-19/h9H,2-7H2,1H3,(H,15,18). The zero-order valence-corrected chi connectivity index (χ0v) is 12.3. The number of nitrogens with zero attached hydrogens (tertiary/aromatic N) is 6. The summed E-state index contributed by atoms with van der Waals surface area (Å²) in [5, 5.41) is 16.8. The van der Waals surface area contributed by atoms with Crippen molar-refractivity contribution >= 4 is 17.5 Å². The first-order valence-corrected chi connectivity index (χ1v) is 7.05. The van der Waals surface area contributed by atoms with E-state index in [1.54, 1.807) is 11.6 Å². The topological polar surface area (TPSA) is 101 Å². The maximum absolute atomic E-state index is 9.35. The van der Waals surface area contributed by atoms with E-state index in [2.05, 4.69) is 31.4 Å². The van der Waals surface area contributed by atoms with E-state index in [4.69, 9.17) is 9.47 Å². The molecule has 2 aromatic rings. The molecule has 0 saturated carbocycles. The minimum absolute atomic E-state index is 0.459. The van der Waals surface area contributed by atoms with Gasteiger partial charge >= 0.3 is 0 Å². The molecular formula is C13H17N7O2. The average molecular weight is 303 g/mol. The number of hydrogen-bond donors (Lipinski definition) is 1. The quantitative estimate of drug-likeness (QED) is 0.764. The van der Waals surface area contributed by atoms with E-state index in [0.717, 1.165) is 0 Å². The number of hydrogen-bond acceptors (Lipinski definition) is 8. The van der Waals surface area contributed by atoms with E-state index in [1.165, 1.54) is 6.20 Å². The Kier molecular flexibility index (Phi) is 4.32. The van der Waals surface area contributed by atoms with Crippen LogP contribution in [0.2, 0.25) is 0 Å². The lowest BCUT2D eigenvalue weighted by Crippen LogP contribution is -2.38. The van der Waals surface area contributed by atoms with E-state index in [9.17, 15) is 5.26 Å². The monoisotopic (exact) mass is 303 g/mol. The Labute approximate surface area is 127 Å². The molecule has 0 bridgehead atoms. The van der Waals surface area contributed by atoms with Crippen LogP contribution in [0.5, 0.6) is 0 Å². The largest absolute Gasteiger partial charge is 0.383 e. The normalized spacial score (nSPS) is 15.0. The van der Waals surface area contributed by atoms with Crippen LogP contribution in [0, 0.1) is 11.3 Å². The van der Waals surface area contributed by atoms with Crippen molar-refractivity contribution in [3.05, 3.63) is 11.8 Å². The van der Waals surface area contributed by atoms with Gasteiger partial charge in [-0.1, -0.05) is 0 Å². The van der Waals surface area contributed by atoms with Crippen molar-refractivity contribution in [2.45, 2.75) is 0 Å². The van der Waals surface area contributed by atoms with Crippen molar-refractivity contribution in [1.82, 2.24) is 19.6 Å². The highest BCUT2D eigenvalue weighted by atomic mass is 16.5. The van der Waals surface area contributed by atoms with Gasteiger partial charge in [0.15, 0.2) is 5.82 Å². The minimum Gasteiger partial charge on any atom is -0.383 e. The Morgan fingerprint density at radius 1 is 1.45 bits per heavy atom. The van der Waals surface area contributed by atoms with E-state index < -0.39 is 0 Å². The number of ether oxygens (including phenoxy) is 2. The number of nitriles is 1. The zero-order chi connectivity index (χ0) is 15.4. The van der Waals surface area contributed by atoms with Gasteiger partial charge in [0.05, 0.1) is 26.0 Å². The van der Waals surface area contributed by atoms with Crippen molar-refractivity contribution in [3.63, 3.8) is 0 Å². The first-order valence-electron chi connectivity index (χ1n) is 7.05. The second-order valence-corrected chi connectivity index (χ2v) is 4.77. The van der Waals surface area contributed by atoms with Gasteiger partial charge in [-0.25, -0.2) is 4.98 Å². The third-order valence-corrected chi connectivity index (χ3v) is 3.36. The fourth-order valence-corrected chi connectivity index (χ4v) is 2.32. The molecule has 1 aliphatic heterocycles. The molecule has 1 N–H and O–H groups in total. The Morgan fingerprint density at radius 3 is 3.00 bits per heavy atom. The number of anilines is 2. The van der Waals surface area contributed by atoms with Gasteiger partial charge in [0, 0.05) is 26.7 Å². The highest BCUT2D eigenvalue weighted by molar-refractivity contribution is 5.58. The summed E-state index contributed by atoms with van der Waals surface area (Å²) in [6.07, 6.45) is 1.54. The minimum atomic E-state index is 0.459. The molecule has 0 aliphatic carbocycles. The first-order chi connectivity index (χ1) is 10.8. The van der Waals surface area contributed by atoms with Crippen LogP contribution < -0.4 is 10.2 Å². The van der Waals surface area contributed by atoms with Gasteiger partial charge in [0.2, 0.25) is 5.95 Å². The maximum atomic E-state index is 9.35. The third kappa shape index (κ3) is 2.79. The lowest BCUT2D eigenvalue weighted by Gasteiger charge is -2.29. The van der Waals surface area contributed by atoms with Gasteiger partial charge in [-0.15, -0.1) is 5.10 Å². The Hall–Kier alpha value is -2.44. The molecule has 22 heavy (non-hydrogen) atoms. The van der Waals surface area contributed by atoms with Gasteiger partial charge in [0.1, 0.15) is 11.6 Å². The maximum Gasteiger partial charge on any atom is 0.255 e. The van der Waals surface area contributed by atoms with Gasteiger partial charge in [0.25, 0.3) is 5.78 Å². The van der Waals surface area contributed by atoms with Gasteiger partial charge in [-0.05, 0) is 0 Å². The smallest absolute Gasteiger partial charge is 0.255 e. The summed E-state index contributed by atoms with van der Waals surface area (Å²) < 4.78 is 12.0. The number of fused-ring (bicyclic) bond motifs is 1. The highest BCUT2D eigenvalue weighted by Gasteiger charge is 2.20. The van der Waals surface area contributed by atoms with E-state index in [-0.39, 0.29) is 0 Å². The van der Waals surface area contributed by atoms with Gasteiger partial charge < -0.3 is 19.7 Å². The van der Waals surface area contributed by atoms with Crippen LogP contribution in [0.1, 0.15) is 5.56 Å². The molecule has 9 nitrogen and oxygen atoms in total. The molecule has 3 rings (SSSR count). The van der Waals surface area contributed by atoms with Crippen molar-refractivity contribution in [2.24, 2.45) is 0 Å². The molecule has 0 atom stereocenters. The lowest BCUT2D eigenvalue weighted by atomic mass is 10.3. The molecule has 3 heterocycles. The molecule has 1 saturated heterocycles. The molecule has 0 aromatic carbocycles. The number of methoxy groups -OCH3 is 1. The van der Waals surface area contributed by atoms with Gasteiger partial charge in [-0.2, -0.15) is 14.8 Å². The predicted octanol–water partition coefficient (Wildman–Crippen LogP) is -0.109. The SMILES string of the molecule is COCCNc1nc2ncc(C#N)c(N3CCOCC3)n2n1. The molecule has 1 fully saturated rings. The predicted molar refractivity (Wildman–Crippen MR) is 78.9 cm³/mol. The highest BCUT2D eigenvalue weighted by Crippen LogP contribution is 2.21. The summed E-state index contributed by atoms with van der Waals surface area (Å²) in [5.41, 5.74) is 0.475. The molecule has 0 spiro atoms. The van der Waals surface area contributed by atoms with Crippen LogP contribution in [0.25, 0.3) is 5.78 Å². The van der Waals surface area contributed by atoms with Crippen LogP contribution in [0.4, 0.5) is 11.8 Å². The number of aromatic nitrogens is 4. The Morgan fingerprint density at radius 2 is 2.27 bits per heavy atom. The van der Waals surface area contributed by atoms with Crippen LogP contribution in [-0.2, 0) is 9.47 Å². The van der Waals surface area contributed by atoms with Crippen molar-refractivity contribution in [2.75, 3.05) is 56.8 Å². The van der Waals surface area contributed by atoms with Crippen molar-refractivity contribution < 1.29 is 9.47 Å². The number of rotatable bonds is 5. The summed E-state index contributed by atoms with van der Waals surface area (Å²) >= 11 is 0. The number of morpholine rings is 1. The van der Waals surface area contributed by atoms with E-state index >= 15 is 0 Å². The molecule has 0 unspecified atom stereocenters. The van der Waals surface area contributed by atoms with E-state index in [1.807, 2.05) is 0 Å². The Balaban J connectivity index is 1.97. The third-order valence-electron chi connectivity index (χ3n) is 3.36. The summed E-state index contributed by atoms with van der Waals surface area (Å²) in [7, 11) is 1.63. The van der Waals surface area contributed by atoms with Crippen molar-refractivity contribution in [1.29, 1.82) is 5.26 Å². The zero-order valence-electron chi connectivity index (χ0n) is 12.3. The van der Waals surface area contributed by atoms with Crippen LogP contribution in [-0.4, -0.2) is 66.1 Å². The number of nitrogens with one attached hydrogen (secondary N) is 1.